The Hall–Kier alpha value is -1.63. The summed E-state index contributed by atoms with van der Waals surface area (Å²) < 4.78 is 22.4. The molecule has 6 heteroatoms. The van der Waals surface area contributed by atoms with Gasteiger partial charge in [-0.1, -0.05) is 30.3 Å². The summed E-state index contributed by atoms with van der Waals surface area (Å²) in [6, 6.07) is 10.1. The Labute approximate surface area is 168 Å². The van der Waals surface area contributed by atoms with Gasteiger partial charge < -0.3 is 23.8 Å². The van der Waals surface area contributed by atoms with Crippen molar-refractivity contribution in [1.82, 2.24) is 4.90 Å². The van der Waals surface area contributed by atoms with Gasteiger partial charge in [0.05, 0.1) is 39.1 Å². The first-order valence-electron chi connectivity index (χ1n) is 10.1. The number of benzene rings is 1. The number of likely N-dealkylation sites (tertiary alicyclic amines) is 1. The molecule has 1 aliphatic carbocycles. The molecule has 0 unspecified atom stereocenters. The predicted octanol–water partition coefficient (Wildman–Crippen LogP) is 3.64. The molecule has 0 atom stereocenters. The van der Waals surface area contributed by atoms with Gasteiger partial charge in [0.2, 0.25) is 0 Å². The molecule has 1 spiro atoms. The van der Waals surface area contributed by atoms with E-state index in [9.17, 15) is 4.79 Å². The molecule has 0 radical (unpaired) electrons. The third kappa shape index (κ3) is 6.19. The second kappa shape index (κ2) is 9.25. The Morgan fingerprint density at radius 1 is 1.04 bits per heavy atom. The van der Waals surface area contributed by atoms with Crippen molar-refractivity contribution in [3.8, 4) is 0 Å². The maximum Gasteiger partial charge on any atom is 0.410 e. The average molecular weight is 392 g/mol. The molecule has 1 aromatic carbocycles. The first kappa shape index (κ1) is 21.1. The van der Waals surface area contributed by atoms with Crippen LogP contribution in [0.2, 0.25) is 0 Å². The van der Waals surface area contributed by atoms with Gasteiger partial charge in [0.25, 0.3) is 0 Å². The van der Waals surface area contributed by atoms with E-state index in [0.717, 1.165) is 25.9 Å². The van der Waals surface area contributed by atoms with Crippen molar-refractivity contribution >= 4 is 6.09 Å². The fraction of sp³-hybridized carbons (Fsp3) is 0.682. The van der Waals surface area contributed by atoms with Crippen molar-refractivity contribution < 1.29 is 23.7 Å². The first-order valence-corrected chi connectivity index (χ1v) is 10.1. The molecule has 156 valence electrons. The molecular formula is C22H33NO5. The SMILES string of the molecule is CC(C)(C)OC(=O)N1CC2(CC(OCCOCCOCc3ccccc3)C2)C1. The summed E-state index contributed by atoms with van der Waals surface area (Å²) in [4.78, 5) is 13.8. The van der Waals surface area contributed by atoms with Crippen molar-refractivity contribution in [3.63, 3.8) is 0 Å². The quantitative estimate of drug-likeness (QED) is 0.602. The van der Waals surface area contributed by atoms with Crippen LogP contribution in [0.1, 0.15) is 39.2 Å². The lowest BCUT2D eigenvalue weighted by Crippen LogP contribution is -2.65. The van der Waals surface area contributed by atoms with Crippen LogP contribution in [0.25, 0.3) is 0 Å². The van der Waals surface area contributed by atoms with E-state index in [1.165, 1.54) is 5.56 Å². The van der Waals surface area contributed by atoms with Crippen LogP contribution in [0, 0.1) is 5.41 Å². The maximum atomic E-state index is 12.0. The highest BCUT2D eigenvalue weighted by Crippen LogP contribution is 2.49. The minimum Gasteiger partial charge on any atom is -0.444 e. The maximum absolute atomic E-state index is 12.0. The Kier molecular flexibility index (Phi) is 6.96. The van der Waals surface area contributed by atoms with Crippen LogP contribution in [0.15, 0.2) is 30.3 Å². The zero-order valence-corrected chi connectivity index (χ0v) is 17.3. The third-order valence-electron chi connectivity index (χ3n) is 5.09. The number of ether oxygens (including phenoxy) is 4. The summed E-state index contributed by atoms with van der Waals surface area (Å²) in [7, 11) is 0. The Balaban J connectivity index is 1.15. The Morgan fingerprint density at radius 3 is 2.36 bits per heavy atom. The van der Waals surface area contributed by atoms with Gasteiger partial charge in [0.1, 0.15) is 5.60 Å². The summed E-state index contributed by atoms with van der Waals surface area (Å²) in [5, 5.41) is 0. The summed E-state index contributed by atoms with van der Waals surface area (Å²) >= 11 is 0. The molecule has 0 bridgehead atoms. The summed E-state index contributed by atoms with van der Waals surface area (Å²) in [5.74, 6) is 0. The van der Waals surface area contributed by atoms with E-state index in [-0.39, 0.29) is 11.5 Å². The fourth-order valence-electron chi connectivity index (χ4n) is 3.76. The molecule has 2 aliphatic rings. The molecule has 6 nitrogen and oxygen atoms in total. The monoisotopic (exact) mass is 391 g/mol. The molecule has 28 heavy (non-hydrogen) atoms. The number of nitrogens with zero attached hydrogens (tertiary/aromatic N) is 1. The van der Waals surface area contributed by atoms with Crippen LogP contribution in [0.5, 0.6) is 0 Å². The van der Waals surface area contributed by atoms with Crippen molar-refractivity contribution in [3.05, 3.63) is 35.9 Å². The number of hydrogen-bond acceptors (Lipinski definition) is 5. The minimum atomic E-state index is -0.433. The third-order valence-corrected chi connectivity index (χ3v) is 5.09. The molecule has 0 N–H and O–H groups in total. The van der Waals surface area contributed by atoms with Crippen LogP contribution in [0.4, 0.5) is 4.79 Å². The number of hydrogen-bond donors (Lipinski definition) is 0. The van der Waals surface area contributed by atoms with E-state index >= 15 is 0 Å². The number of amides is 1. The molecule has 3 rings (SSSR count). The normalized spacial score (nSPS) is 18.6. The van der Waals surface area contributed by atoms with Gasteiger partial charge in [-0.05, 0) is 39.2 Å². The van der Waals surface area contributed by atoms with Gasteiger partial charge in [0.15, 0.2) is 0 Å². The second-order valence-electron chi connectivity index (χ2n) is 8.89. The van der Waals surface area contributed by atoms with Crippen molar-refractivity contribution in [2.75, 3.05) is 39.5 Å². The Bertz CT molecular complexity index is 614. The summed E-state index contributed by atoms with van der Waals surface area (Å²) in [5.41, 5.74) is 0.997. The predicted molar refractivity (Wildman–Crippen MR) is 106 cm³/mol. The van der Waals surface area contributed by atoms with Crippen LogP contribution in [0.3, 0.4) is 0 Å². The smallest absolute Gasteiger partial charge is 0.410 e. The van der Waals surface area contributed by atoms with Gasteiger partial charge in [-0.3, -0.25) is 0 Å². The van der Waals surface area contributed by atoms with Gasteiger partial charge >= 0.3 is 6.09 Å². The molecule has 1 saturated carbocycles. The van der Waals surface area contributed by atoms with Gasteiger partial charge in [0, 0.05) is 18.5 Å². The molecule has 1 saturated heterocycles. The lowest BCUT2D eigenvalue weighted by atomic mass is 9.62. The molecule has 0 aromatic heterocycles. The van der Waals surface area contributed by atoms with E-state index in [2.05, 4.69) is 12.1 Å². The van der Waals surface area contributed by atoms with Gasteiger partial charge in [-0.15, -0.1) is 0 Å². The fourth-order valence-corrected chi connectivity index (χ4v) is 3.76. The van der Waals surface area contributed by atoms with E-state index in [4.69, 9.17) is 18.9 Å². The molecule has 1 aliphatic heterocycles. The highest BCUT2D eigenvalue weighted by atomic mass is 16.6. The Morgan fingerprint density at radius 2 is 1.68 bits per heavy atom. The zero-order chi connectivity index (χ0) is 20.0. The van der Waals surface area contributed by atoms with Crippen LogP contribution in [-0.2, 0) is 25.6 Å². The minimum absolute atomic E-state index is 0.203. The number of carbonyl (C=O) groups is 1. The van der Waals surface area contributed by atoms with Crippen LogP contribution >= 0.6 is 0 Å². The highest BCUT2D eigenvalue weighted by molar-refractivity contribution is 5.69. The molecule has 1 amide bonds. The lowest BCUT2D eigenvalue weighted by Gasteiger charge is -2.58. The largest absolute Gasteiger partial charge is 0.444 e. The van der Waals surface area contributed by atoms with Gasteiger partial charge in [-0.2, -0.15) is 0 Å². The summed E-state index contributed by atoms with van der Waals surface area (Å²) in [6.45, 7) is 10.2. The van der Waals surface area contributed by atoms with Crippen molar-refractivity contribution in [1.29, 1.82) is 0 Å². The van der Waals surface area contributed by atoms with E-state index in [0.29, 0.717) is 39.1 Å². The van der Waals surface area contributed by atoms with Crippen molar-refractivity contribution in [2.24, 2.45) is 5.41 Å². The topological polar surface area (TPSA) is 57.2 Å². The van der Waals surface area contributed by atoms with Gasteiger partial charge in [-0.25, -0.2) is 4.79 Å². The number of rotatable bonds is 9. The van der Waals surface area contributed by atoms with E-state index in [1.54, 1.807) is 4.90 Å². The van der Waals surface area contributed by atoms with Crippen LogP contribution < -0.4 is 0 Å². The van der Waals surface area contributed by atoms with Crippen molar-refractivity contribution in [2.45, 2.75) is 51.9 Å². The molecular weight excluding hydrogens is 358 g/mol. The molecule has 1 aromatic rings. The standard InChI is InChI=1S/C22H33NO5/c1-21(2,3)28-20(24)23-16-22(17-23)13-19(14-22)27-12-11-25-9-10-26-15-18-7-5-4-6-8-18/h4-8,19H,9-17H2,1-3H3. The first-order chi connectivity index (χ1) is 13.4. The highest BCUT2D eigenvalue weighted by Gasteiger charge is 2.54. The summed E-state index contributed by atoms with van der Waals surface area (Å²) in [6.07, 6.45) is 2.13. The second-order valence-corrected chi connectivity index (χ2v) is 8.89. The lowest BCUT2D eigenvalue weighted by molar-refractivity contribution is -0.151. The van der Waals surface area contributed by atoms with E-state index in [1.807, 2.05) is 39.0 Å². The molecule has 2 fully saturated rings. The van der Waals surface area contributed by atoms with E-state index < -0.39 is 5.60 Å². The van der Waals surface area contributed by atoms with Crippen LogP contribution in [-0.4, -0.2) is 62.2 Å². The number of carbonyl (C=O) groups excluding carboxylic acids is 1. The molecule has 1 heterocycles. The zero-order valence-electron chi connectivity index (χ0n) is 17.3. The average Bonchev–Trinajstić information content (AvgIpc) is 2.56.